The smallest absolute Gasteiger partial charge is 0.316 e. The largest absolute Gasteiger partial charge is 0.363 e. The fraction of sp³-hybridized carbons (Fsp3) is 0.586. The molecule has 3 rings (SSSR count). The highest BCUT2D eigenvalue weighted by molar-refractivity contribution is 6.36. The van der Waals surface area contributed by atoms with Crippen LogP contribution in [0, 0.1) is 28.6 Å². The first-order valence-corrected chi connectivity index (χ1v) is 13.6. The number of carbonyl (C=O) groups excluding carboxylic acids is 6. The lowest BCUT2D eigenvalue weighted by Crippen LogP contribution is -2.61. The van der Waals surface area contributed by atoms with Crippen LogP contribution in [0.1, 0.15) is 58.8 Å². The minimum atomic E-state index is -1.15. The molecular formula is C29H41N5O6. The first-order chi connectivity index (χ1) is 18.5. The first kappa shape index (κ1) is 30.8. The molecule has 1 aromatic carbocycles. The molecule has 11 nitrogen and oxygen atoms in total. The van der Waals surface area contributed by atoms with Crippen molar-refractivity contribution in [1.29, 1.82) is 0 Å². The molecule has 1 saturated heterocycles. The Morgan fingerprint density at radius 2 is 1.62 bits per heavy atom. The van der Waals surface area contributed by atoms with Gasteiger partial charge in [0.25, 0.3) is 5.91 Å². The van der Waals surface area contributed by atoms with Crippen molar-refractivity contribution in [3.05, 3.63) is 35.9 Å². The van der Waals surface area contributed by atoms with E-state index in [4.69, 9.17) is 5.73 Å². The van der Waals surface area contributed by atoms with Gasteiger partial charge in [-0.3, -0.25) is 24.0 Å². The molecule has 0 aromatic heterocycles. The van der Waals surface area contributed by atoms with Crippen LogP contribution in [0.3, 0.4) is 0 Å². The Morgan fingerprint density at radius 1 is 1.02 bits per heavy atom. The van der Waals surface area contributed by atoms with Gasteiger partial charge < -0.3 is 26.6 Å². The van der Waals surface area contributed by atoms with Crippen LogP contribution in [0.25, 0.3) is 0 Å². The molecule has 1 heterocycles. The molecule has 5 N–H and O–H groups in total. The lowest BCUT2D eigenvalue weighted by molar-refractivity contribution is -0.144. The van der Waals surface area contributed by atoms with Crippen molar-refractivity contribution in [2.75, 3.05) is 13.1 Å². The molecule has 0 spiro atoms. The zero-order chi connectivity index (χ0) is 30.2. The van der Waals surface area contributed by atoms with Gasteiger partial charge in [0.15, 0.2) is 5.78 Å². The van der Waals surface area contributed by atoms with E-state index in [1.165, 1.54) is 4.90 Å². The number of piperidine rings is 1. The number of nitrogens with two attached hydrogens (primary N) is 1. The Morgan fingerprint density at radius 3 is 2.15 bits per heavy atom. The second kappa shape index (κ2) is 11.4. The second-order valence-electron chi connectivity index (χ2n) is 12.8. The summed E-state index contributed by atoms with van der Waals surface area (Å²) in [4.78, 5) is 77.7. The third kappa shape index (κ3) is 6.34. The Bertz CT molecular complexity index is 1190. The van der Waals surface area contributed by atoms with Crippen molar-refractivity contribution in [2.45, 2.75) is 66.6 Å². The maximum Gasteiger partial charge on any atom is 0.316 e. The van der Waals surface area contributed by atoms with E-state index in [2.05, 4.69) is 16.0 Å². The molecule has 0 bridgehead atoms. The van der Waals surface area contributed by atoms with Gasteiger partial charge in [-0.05, 0) is 28.6 Å². The highest BCUT2D eigenvalue weighted by atomic mass is 16.2. The quantitative estimate of drug-likeness (QED) is 0.250. The maximum absolute atomic E-state index is 13.9. The van der Waals surface area contributed by atoms with Gasteiger partial charge in [0.05, 0.1) is 12.6 Å². The predicted octanol–water partition coefficient (Wildman–Crippen LogP) is 1.26. The van der Waals surface area contributed by atoms with Gasteiger partial charge in [-0.1, -0.05) is 78.8 Å². The summed E-state index contributed by atoms with van der Waals surface area (Å²) in [6, 6.07) is 5.28. The third-order valence-electron chi connectivity index (χ3n) is 8.14. The van der Waals surface area contributed by atoms with E-state index in [0.717, 1.165) is 0 Å². The number of primary amides is 1. The van der Waals surface area contributed by atoms with Crippen LogP contribution >= 0.6 is 0 Å². The van der Waals surface area contributed by atoms with E-state index in [1.807, 2.05) is 27.7 Å². The number of hydrogen-bond donors (Lipinski definition) is 4. The summed E-state index contributed by atoms with van der Waals surface area (Å²) in [5.74, 6) is -3.61. The lowest BCUT2D eigenvalue weighted by Gasteiger charge is -2.37. The van der Waals surface area contributed by atoms with Gasteiger partial charge in [0.2, 0.25) is 17.6 Å². The highest BCUT2D eigenvalue weighted by Crippen LogP contribution is 2.65. The van der Waals surface area contributed by atoms with E-state index < -0.39 is 59.6 Å². The Labute approximate surface area is 235 Å². The molecule has 40 heavy (non-hydrogen) atoms. The van der Waals surface area contributed by atoms with Gasteiger partial charge in [0.1, 0.15) is 12.1 Å². The van der Waals surface area contributed by atoms with Gasteiger partial charge >= 0.3 is 6.03 Å². The van der Waals surface area contributed by atoms with Gasteiger partial charge in [0, 0.05) is 12.1 Å². The molecule has 2 fully saturated rings. The number of benzene rings is 1. The molecule has 0 radical (unpaired) electrons. The number of likely N-dealkylation sites (tertiary alicyclic amines) is 1. The molecule has 1 aromatic rings. The number of urea groups is 1. The lowest BCUT2D eigenvalue weighted by atomic mass is 9.85. The number of nitrogens with zero attached hydrogens (tertiary/aromatic N) is 1. The summed E-state index contributed by atoms with van der Waals surface area (Å²) >= 11 is 0. The number of rotatable bonds is 10. The fourth-order valence-corrected chi connectivity index (χ4v) is 5.62. The average Bonchev–Trinajstić information content (AvgIpc) is 3.20. The zero-order valence-corrected chi connectivity index (χ0v) is 24.2. The van der Waals surface area contributed by atoms with Crippen molar-refractivity contribution in [3.63, 3.8) is 0 Å². The van der Waals surface area contributed by atoms with Crippen molar-refractivity contribution in [2.24, 2.45) is 34.3 Å². The standard InChI is InChI=1S/C29H41N5O6/c1-15(2)20(22(36)16-11-9-8-10-12-16)32-27(40)33-23(28(3,4)5)26(39)34-14-17-19(29(17,6)7)21(34)25(38)31-13-18(35)24(30)37/h8-12,15,17,19-21,23H,13-14H2,1-7H3,(H2,30,37)(H,31,38)(H2,32,33,40)/t17-,19-,20-,21-,23+/m0/s1. The minimum Gasteiger partial charge on any atom is -0.363 e. The van der Waals surface area contributed by atoms with Crippen LogP contribution in [0.4, 0.5) is 4.79 Å². The van der Waals surface area contributed by atoms with Gasteiger partial charge in [-0.2, -0.15) is 0 Å². The van der Waals surface area contributed by atoms with Crippen molar-refractivity contribution < 1.29 is 28.8 Å². The van der Waals surface area contributed by atoms with Crippen LogP contribution in [0.15, 0.2) is 30.3 Å². The second-order valence-corrected chi connectivity index (χ2v) is 12.8. The Balaban J connectivity index is 1.78. The summed E-state index contributed by atoms with van der Waals surface area (Å²) in [6.07, 6.45) is 0. The first-order valence-electron chi connectivity index (χ1n) is 13.6. The van der Waals surface area contributed by atoms with E-state index in [-0.39, 0.29) is 29.0 Å². The van der Waals surface area contributed by atoms with E-state index in [9.17, 15) is 28.8 Å². The third-order valence-corrected chi connectivity index (χ3v) is 8.14. The van der Waals surface area contributed by atoms with E-state index >= 15 is 0 Å². The molecule has 11 heteroatoms. The summed E-state index contributed by atoms with van der Waals surface area (Å²) in [7, 11) is 0. The number of carbonyl (C=O) groups is 6. The van der Waals surface area contributed by atoms with Crippen LogP contribution in [-0.4, -0.2) is 71.4 Å². The predicted molar refractivity (Wildman–Crippen MR) is 148 cm³/mol. The monoisotopic (exact) mass is 555 g/mol. The summed E-state index contributed by atoms with van der Waals surface area (Å²) < 4.78 is 0. The zero-order valence-electron chi connectivity index (χ0n) is 24.2. The Kier molecular flexibility index (Phi) is 8.76. The Hall–Kier alpha value is -3.76. The number of ketones is 2. The van der Waals surface area contributed by atoms with Crippen molar-refractivity contribution in [1.82, 2.24) is 20.9 Å². The summed E-state index contributed by atoms with van der Waals surface area (Å²) in [5, 5.41) is 7.95. The minimum absolute atomic E-state index is 0.0716. The van der Waals surface area contributed by atoms with Crippen LogP contribution < -0.4 is 21.7 Å². The topological polar surface area (TPSA) is 168 Å². The van der Waals surface area contributed by atoms with Crippen molar-refractivity contribution >= 4 is 35.3 Å². The summed E-state index contributed by atoms with van der Waals surface area (Å²) in [6.45, 7) is 12.8. The molecule has 1 aliphatic heterocycles. The molecule has 1 aliphatic carbocycles. The molecular weight excluding hydrogens is 514 g/mol. The number of Topliss-reactive ketones (excluding diaryl/α,β-unsaturated/α-hetero) is 2. The number of nitrogens with one attached hydrogen (secondary N) is 3. The maximum atomic E-state index is 13.9. The van der Waals surface area contributed by atoms with Crippen LogP contribution in [0.2, 0.25) is 0 Å². The SMILES string of the molecule is CC(C)[C@H](NC(=O)N[C@H](C(=O)N1C[C@H]2[C@@H]([C@H]1C(=O)NCC(=O)C(N)=O)C2(C)C)C(C)(C)C)C(=O)c1ccccc1. The van der Waals surface area contributed by atoms with E-state index in [0.29, 0.717) is 12.1 Å². The van der Waals surface area contributed by atoms with E-state index in [1.54, 1.807) is 51.1 Å². The highest BCUT2D eigenvalue weighted by Gasteiger charge is 2.69. The number of fused-ring (bicyclic) bond motifs is 1. The molecule has 5 atom stereocenters. The molecule has 0 unspecified atom stereocenters. The van der Waals surface area contributed by atoms with Crippen LogP contribution in [0.5, 0.6) is 0 Å². The summed E-state index contributed by atoms with van der Waals surface area (Å²) in [5.41, 5.74) is 4.54. The average molecular weight is 556 g/mol. The molecule has 2 aliphatic rings. The number of hydrogen-bond acceptors (Lipinski definition) is 6. The van der Waals surface area contributed by atoms with Gasteiger partial charge in [-0.15, -0.1) is 0 Å². The number of amides is 5. The van der Waals surface area contributed by atoms with Gasteiger partial charge in [-0.25, -0.2) is 4.79 Å². The fourth-order valence-electron chi connectivity index (χ4n) is 5.62. The van der Waals surface area contributed by atoms with Crippen LogP contribution in [-0.2, 0) is 19.2 Å². The molecule has 1 saturated carbocycles. The van der Waals surface area contributed by atoms with Crippen molar-refractivity contribution in [3.8, 4) is 0 Å². The molecule has 218 valence electrons. The normalized spacial score (nSPS) is 22.5. The molecule has 5 amide bonds.